The number of rotatable bonds is 8. The van der Waals surface area contributed by atoms with E-state index in [1.165, 1.54) is 69.2 Å². The second kappa shape index (κ2) is 20.2. The van der Waals surface area contributed by atoms with Crippen molar-refractivity contribution in [3.8, 4) is 22.8 Å². The first kappa shape index (κ1) is 42.9. The molecule has 0 aliphatic heterocycles. The topological polar surface area (TPSA) is 168 Å². The second-order valence-electron chi connectivity index (χ2n) is 11.8. The summed E-state index contributed by atoms with van der Waals surface area (Å²) in [5, 5.41) is 4.26. The van der Waals surface area contributed by atoms with E-state index in [1.807, 2.05) is 20.8 Å². The summed E-state index contributed by atoms with van der Waals surface area (Å²) < 4.78 is 37.1. The molecule has 0 atom stereocenters. The number of ether oxygens (including phenoxy) is 2. The van der Waals surface area contributed by atoms with Crippen molar-refractivity contribution in [1.29, 1.82) is 0 Å². The molecule has 0 unspecified atom stereocenters. The van der Waals surface area contributed by atoms with Gasteiger partial charge in [0.05, 0.1) is 31.0 Å². The summed E-state index contributed by atoms with van der Waals surface area (Å²) in [7, 11) is 2.59. The zero-order valence-corrected chi connectivity index (χ0v) is 32.9. The Morgan fingerprint density at radius 3 is 1.84 bits per heavy atom. The summed E-state index contributed by atoms with van der Waals surface area (Å²) in [4.78, 5) is 47.5. The molecule has 56 heavy (non-hydrogen) atoms. The fourth-order valence-corrected chi connectivity index (χ4v) is 5.41. The molecule has 0 amide bonds. The van der Waals surface area contributed by atoms with Crippen LogP contribution < -0.4 is 11.1 Å². The van der Waals surface area contributed by atoms with Crippen molar-refractivity contribution < 1.29 is 27.8 Å². The van der Waals surface area contributed by atoms with Crippen LogP contribution in [0.1, 0.15) is 58.5 Å². The first-order chi connectivity index (χ1) is 26.8. The molecule has 0 spiro atoms. The molecule has 4 heterocycles. The largest absolute Gasteiger partial charge is 0.465 e. The predicted octanol–water partition coefficient (Wildman–Crippen LogP) is 9.59. The van der Waals surface area contributed by atoms with Gasteiger partial charge in [0, 0.05) is 64.0 Å². The first-order valence-electron chi connectivity index (χ1n) is 16.6. The molecule has 3 N–H and O–H groups in total. The van der Waals surface area contributed by atoms with Gasteiger partial charge in [0.25, 0.3) is 0 Å². The lowest BCUT2D eigenvalue weighted by Gasteiger charge is -2.13. The Morgan fingerprint density at radius 1 is 0.768 bits per heavy atom. The number of methoxy groups -OCH3 is 2. The highest BCUT2D eigenvalue weighted by Gasteiger charge is 2.17. The summed E-state index contributed by atoms with van der Waals surface area (Å²) in [6, 6.07) is 11.6. The number of benzene rings is 2. The molecule has 6 aromatic rings. The van der Waals surface area contributed by atoms with E-state index in [-0.39, 0.29) is 34.3 Å². The number of aromatic nitrogens is 6. The van der Waals surface area contributed by atoms with Crippen molar-refractivity contribution in [1.82, 2.24) is 29.9 Å². The van der Waals surface area contributed by atoms with E-state index in [2.05, 4.69) is 40.0 Å². The summed E-state index contributed by atoms with van der Waals surface area (Å²) in [6.45, 7) is 5.92. The monoisotopic (exact) mass is 822 g/mol. The number of nitrogens with two attached hydrogens (primary N) is 1. The van der Waals surface area contributed by atoms with Crippen LogP contribution in [0.3, 0.4) is 0 Å². The third-order valence-electron chi connectivity index (χ3n) is 7.71. The van der Waals surface area contributed by atoms with Crippen molar-refractivity contribution in [2.75, 3.05) is 25.3 Å². The number of halogens is 5. The summed E-state index contributed by atoms with van der Waals surface area (Å²) in [5.74, 6) is -0.794. The Hall–Kier alpha value is -5.83. The third kappa shape index (κ3) is 11.1. The van der Waals surface area contributed by atoms with Crippen LogP contribution in [0.4, 0.5) is 26.0 Å². The normalized spacial score (nSPS) is 10.4. The fourth-order valence-electron chi connectivity index (χ4n) is 4.72. The molecule has 6 rings (SSSR count). The summed E-state index contributed by atoms with van der Waals surface area (Å²) in [5.41, 5.74) is 8.95. The first-order valence-corrected chi connectivity index (χ1v) is 17.8. The van der Waals surface area contributed by atoms with E-state index >= 15 is 0 Å². The van der Waals surface area contributed by atoms with Crippen LogP contribution in [0.5, 0.6) is 0 Å². The number of nitrogens with zero attached hydrogens (tertiary/aromatic N) is 6. The molecular weight excluding hydrogens is 789 g/mol. The number of hydrogen-bond donors (Lipinski definition) is 2. The van der Waals surface area contributed by atoms with Crippen molar-refractivity contribution >= 4 is 63.9 Å². The van der Waals surface area contributed by atoms with Gasteiger partial charge in [-0.3, -0.25) is 9.97 Å². The lowest BCUT2D eigenvalue weighted by Crippen LogP contribution is -2.08. The Kier molecular flexibility index (Phi) is 15.5. The molecule has 290 valence electrons. The number of anilines is 3. The van der Waals surface area contributed by atoms with Crippen LogP contribution >= 0.6 is 34.8 Å². The van der Waals surface area contributed by atoms with Gasteiger partial charge in [-0.15, -0.1) is 0 Å². The molecule has 0 bridgehead atoms. The number of esters is 2. The number of nitrogen functional groups attached to an aromatic ring is 1. The number of pyridine rings is 2. The number of aryl methyl sites for hydroxylation is 1. The molecule has 2 aromatic carbocycles. The van der Waals surface area contributed by atoms with E-state index in [4.69, 9.17) is 45.3 Å². The molecule has 0 aliphatic rings. The molecule has 0 saturated carbocycles. The maximum atomic E-state index is 14.2. The van der Waals surface area contributed by atoms with Gasteiger partial charge in [-0.1, -0.05) is 55.6 Å². The Labute approximate surface area is 336 Å². The van der Waals surface area contributed by atoms with Crippen molar-refractivity contribution in [3.05, 3.63) is 135 Å². The molecule has 0 aliphatic carbocycles. The number of hydrogen-bond acceptors (Lipinski definition) is 12. The van der Waals surface area contributed by atoms with E-state index in [0.29, 0.717) is 44.4 Å². The lowest BCUT2D eigenvalue weighted by atomic mass is 10.1. The number of carbonyl (C=O) groups is 2. The Morgan fingerprint density at radius 2 is 1.30 bits per heavy atom. The summed E-state index contributed by atoms with van der Waals surface area (Å²) in [6.07, 6.45) is 9.71. The zero-order valence-electron chi connectivity index (χ0n) is 30.7. The minimum atomic E-state index is -0.529. The van der Waals surface area contributed by atoms with Gasteiger partial charge < -0.3 is 20.5 Å². The fraction of sp³-hybridized carbons (Fsp3) is 0.179. The van der Waals surface area contributed by atoms with Crippen LogP contribution in [0.15, 0.2) is 85.7 Å². The van der Waals surface area contributed by atoms with E-state index in [9.17, 15) is 18.4 Å². The molecule has 4 aromatic heterocycles. The highest BCUT2D eigenvalue weighted by atomic mass is 35.5. The molecule has 17 heteroatoms. The van der Waals surface area contributed by atoms with Crippen LogP contribution in [-0.2, 0) is 15.9 Å². The van der Waals surface area contributed by atoms with Crippen LogP contribution in [-0.4, -0.2) is 56.1 Å². The number of nitrogens with one attached hydrogen (secondary N) is 1. The van der Waals surface area contributed by atoms with Gasteiger partial charge in [0.2, 0.25) is 0 Å². The quantitative estimate of drug-likeness (QED) is 0.110. The van der Waals surface area contributed by atoms with Crippen molar-refractivity contribution in [2.45, 2.75) is 33.1 Å². The highest BCUT2D eigenvalue weighted by molar-refractivity contribution is 6.31. The molecule has 12 nitrogen and oxygen atoms in total. The predicted molar refractivity (Wildman–Crippen MR) is 212 cm³/mol. The molecule has 0 fully saturated rings. The minimum absolute atomic E-state index is 0.184. The van der Waals surface area contributed by atoms with Crippen LogP contribution in [0, 0.1) is 11.6 Å². The Bertz CT molecular complexity index is 2340. The van der Waals surface area contributed by atoms with Gasteiger partial charge >= 0.3 is 11.9 Å². The van der Waals surface area contributed by atoms with Gasteiger partial charge in [-0.05, 0) is 60.9 Å². The maximum Gasteiger partial charge on any atom is 0.341 e. The van der Waals surface area contributed by atoms with Gasteiger partial charge in [-0.2, -0.15) is 0 Å². The average Bonchev–Trinajstić information content (AvgIpc) is 3.19. The highest BCUT2D eigenvalue weighted by Crippen LogP contribution is 2.29. The van der Waals surface area contributed by atoms with Gasteiger partial charge in [-0.25, -0.2) is 38.3 Å². The summed E-state index contributed by atoms with van der Waals surface area (Å²) >= 11 is 17.9. The van der Waals surface area contributed by atoms with Gasteiger partial charge in [0.15, 0.2) is 11.6 Å². The Balaban J connectivity index is 0.000000206. The molecular formula is C39H35Cl3F2N8O4. The van der Waals surface area contributed by atoms with E-state index in [1.54, 1.807) is 30.7 Å². The SMILES string of the molecule is CC(C)c1cnc(-c2cc(Cl)ccc2F)nc1Cl.CCc1cnc(-c2cc(Cl)ccc2F)nc1Nc1ccncc1C(=O)OC.COC(=O)c1cnccc1N. The standard InChI is InChI=1S/C19H16ClFN4O2.C13H11Cl2FN2.C7H8N2O2/c1-3-11-9-23-18(13-8-12(20)4-5-15(13)21)25-17(11)24-16-6-7-22-10-14(16)19(26)27-2;1-7(2)10-6-17-13(18-12(10)15)9-5-8(14)3-4-11(9)16;1-11-7(10)5-4-9-3-2-6(5)8/h4-10H,3H2,1-2H3,(H,22,23,24,25);3-7H,1-2H3;2-4H,1H3,(H2,8,9). The van der Waals surface area contributed by atoms with Crippen LogP contribution in [0.2, 0.25) is 15.2 Å². The van der Waals surface area contributed by atoms with E-state index in [0.717, 1.165) is 11.1 Å². The minimum Gasteiger partial charge on any atom is -0.465 e. The van der Waals surface area contributed by atoms with Crippen molar-refractivity contribution in [2.24, 2.45) is 0 Å². The van der Waals surface area contributed by atoms with Crippen molar-refractivity contribution in [3.63, 3.8) is 0 Å². The average molecular weight is 824 g/mol. The van der Waals surface area contributed by atoms with Crippen LogP contribution in [0.25, 0.3) is 22.8 Å². The lowest BCUT2D eigenvalue weighted by molar-refractivity contribution is 0.0592. The van der Waals surface area contributed by atoms with E-state index < -0.39 is 23.6 Å². The smallest absolute Gasteiger partial charge is 0.341 e. The maximum absolute atomic E-state index is 14.2. The third-order valence-corrected chi connectivity index (χ3v) is 8.49. The number of carbonyl (C=O) groups excluding carboxylic acids is 2. The second-order valence-corrected chi connectivity index (χ2v) is 13.0. The zero-order chi connectivity index (χ0) is 40.9. The molecule has 0 radical (unpaired) electrons. The van der Waals surface area contributed by atoms with Gasteiger partial charge in [0.1, 0.15) is 33.7 Å². The molecule has 0 saturated heterocycles.